The maximum Gasteiger partial charge on any atom is 0.0625 e. The molecule has 0 fully saturated rings. The van der Waals surface area contributed by atoms with Crippen molar-refractivity contribution in [3.63, 3.8) is 0 Å². The Hall–Kier alpha value is -0.870. The summed E-state index contributed by atoms with van der Waals surface area (Å²) in [6.45, 7) is 0. The third-order valence-corrected chi connectivity index (χ3v) is 5.30. The molecule has 1 aliphatic heterocycles. The van der Waals surface area contributed by atoms with E-state index >= 15 is 0 Å². The lowest BCUT2D eigenvalue weighted by atomic mass is 10.0. The predicted molar refractivity (Wildman–Crippen MR) is 73.8 cm³/mol. The Morgan fingerprint density at radius 1 is 1.47 bits per heavy atom. The number of fused-ring (bicyclic) bond motifs is 1. The fraction of sp³-hybridized carbons (Fsp3) is 0.308. The zero-order valence-electron chi connectivity index (χ0n) is 9.67. The Kier molecular flexibility index (Phi) is 3.16. The predicted octanol–water partition coefficient (Wildman–Crippen LogP) is 3.40. The molecule has 2 heterocycles. The number of thioether (sulfide) groups is 2. The van der Waals surface area contributed by atoms with Gasteiger partial charge in [0.1, 0.15) is 0 Å². The van der Waals surface area contributed by atoms with Gasteiger partial charge in [-0.3, -0.25) is 4.68 Å². The number of nitrogens with zero attached hydrogens (tertiary/aromatic N) is 2. The number of rotatable bonds is 3. The van der Waals surface area contributed by atoms with Gasteiger partial charge in [-0.25, -0.2) is 0 Å². The van der Waals surface area contributed by atoms with Crippen molar-refractivity contribution in [2.75, 3.05) is 11.5 Å². The Morgan fingerprint density at radius 2 is 2.35 bits per heavy atom. The normalized spacial score (nSPS) is 18.3. The van der Waals surface area contributed by atoms with Crippen LogP contribution in [0.2, 0.25) is 0 Å². The largest absolute Gasteiger partial charge is 0.275 e. The minimum atomic E-state index is 0.682. The molecule has 1 unspecified atom stereocenters. The monoisotopic (exact) mass is 262 g/mol. The molecule has 88 valence electrons. The van der Waals surface area contributed by atoms with Crippen molar-refractivity contribution in [2.24, 2.45) is 7.05 Å². The first-order valence-corrected chi connectivity index (χ1v) is 7.63. The van der Waals surface area contributed by atoms with E-state index in [0.29, 0.717) is 5.92 Å². The van der Waals surface area contributed by atoms with Crippen molar-refractivity contribution in [1.82, 2.24) is 9.78 Å². The van der Waals surface area contributed by atoms with Crippen molar-refractivity contribution in [3.8, 4) is 0 Å². The van der Waals surface area contributed by atoms with Crippen molar-refractivity contribution in [2.45, 2.75) is 15.7 Å². The molecule has 3 rings (SSSR count). The molecule has 1 aromatic heterocycles. The number of hydrogen-bond acceptors (Lipinski definition) is 3. The van der Waals surface area contributed by atoms with Crippen LogP contribution in [0.3, 0.4) is 0 Å². The third-order valence-electron chi connectivity index (χ3n) is 2.93. The number of aryl methyl sites for hydroxylation is 1. The van der Waals surface area contributed by atoms with Crippen LogP contribution in [0.15, 0.2) is 46.5 Å². The minimum absolute atomic E-state index is 0.682. The number of aromatic nitrogens is 2. The highest BCUT2D eigenvalue weighted by Crippen LogP contribution is 2.41. The summed E-state index contributed by atoms with van der Waals surface area (Å²) in [6, 6.07) is 8.77. The van der Waals surface area contributed by atoms with Gasteiger partial charge in [-0.1, -0.05) is 18.2 Å². The summed E-state index contributed by atoms with van der Waals surface area (Å²) in [5.41, 5.74) is 1.52. The van der Waals surface area contributed by atoms with Crippen molar-refractivity contribution in [1.29, 1.82) is 0 Å². The van der Waals surface area contributed by atoms with Crippen LogP contribution >= 0.6 is 23.5 Å². The Morgan fingerprint density at radius 3 is 3.18 bits per heavy atom. The molecule has 0 N–H and O–H groups in total. The summed E-state index contributed by atoms with van der Waals surface area (Å²) >= 11 is 3.89. The SMILES string of the molecule is Cn1cc(SCC2CSc3ccccc32)cn1. The van der Waals surface area contributed by atoms with E-state index < -0.39 is 0 Å². The molecule has 2 nitrogen and oxygen atoms in total. The van der Waals surface area contributed by atoms with E-state index in [1.165, 1.54) is 21.1 Å². The highest BCUT2D eigenvalue weighted by molar-refractivity contribution is 8.00. The van der Waals surface area contributed by atoms with E-state index in [9.17, 15) is 0 Å². The second-order valence-electron chi connectivity index (χ2n) is 4.21. The van der Waals surface area contributed by atoms with Gasteiger partial charge in [0.05, 0.1) is 6.20 Å². The molecule has 2 aromatic rings. The van der Waals surface area contributed by atoms with Crippen LogP contribution < -0.4 is 0 Å². The molecule has 1 aliphatic rings. The van der Waals surface area contributed by atoms with Gasteiger partial charge in [-0.15, -0.1) is 23.5 Å². The van der Waals surface area contributed by atoms with Crippen LogP contribution in [0.25, 0.3) is 0 Å². The third kappa shape index (κ3) is 2.38. The van der Waals surface area contributed by atoms with Crippen molar-refractivity contribution in [3.05, 3.63) is 42.2 Å². The van der Waals surface area contributed by atoms with Gasteiger partial charge in [0, 0.05) is 40.5 Å². The molecule has 0 amide bonds. The average Bonchev–Trinajstić information content (AvgIpc) is 2.93. The zero-order chi connectivity index (χ0) is 11.7. The molecule has 0 bridgehead atoms. The van der Waals surface area contributed by atoms with Crippen LogP contribution in [0, 0.1) is 0 Å². The lowest BCUT2D eigenvalue weighted by Gasteiger charge is -2.08. The van der Waals surface area contributed by atoms with Crippen LogP contribution in [-0.2, 0) is 7.05 Å². The minimum Gasteiger partial charge on any atom is -0.275 e. The van der Waals surface area contributed by atoms with Gasteiger partial charge in [0.15, 0.2) is 0 Å². The summed E-state index contributed by atoms with van der Waals surface area (Å²) in [5, 5.41) is 4.20. The first kappa shape index (κ1) is 11.2. The highest BCUT2D eigenvalue weighted by Gasteiger charge is 2.22. The first-order valence-electron chi connectivity index (χ1n) is 5.66. The fourth-order valence-electron chi connectivity index (χ4n) is 2.04. The second-order valence-corrected chi connectivity index (χ2v) is 6.36. The molecule has 17 heavy (non-hydrogen) atoms. The summed E-state index contributed by atoms with van der Waals surface area (Å²) in [6.07, 6.45) is 4.03. The molecule has 0 spiro atoms. The van der Waals surface area contributed by atoms with E-state index in [2.05, 4.69) is 35.6 Å². The van der Waals surface area contributed by atoms with Gasteiger partial charge < -0.3 is 0 Å². The molecule has 0 saturated heterocycles. The molecular weight excluding hydrogens is 248 g/mol. The van der Waals surface area contributed by atoms with E-state index in [1.54, 1.807) is 0 Å². The average molecular weight is 262 g/mol. The summed E-state index contributed by atoms with van der Waals surface area (Å²) < 4.78 is 1.86. The van der Waals surface area contributed by atoms with Gasteiger partial charge >= 0.3 is 0 Å². The Labute approximate surface area is 110 Å². The van der Waals surface area contributed by atoms with Crippen molar-refractivity contribution >= 4 is 23.5 Å². The highest BCUT2D eigenvalue weighted by atomic mass is 32.2. The topological polar surface area (TPSA) is 17.8 Å². The maximum absolute atomic E-state index is 4.20. The molecular formula is C13H14N2S2. The van der Waals surface area contributed by atoms with Crippen LogP contribution in [0.5, 0.6) is 0 Å². The molecule has 1 aromatic carbocycles. The van der Waals surface area contributed by atoms with Crippen LogP contribution in [0.4, 0.5) is 0 Å². The number of hydrogen-bond donors (Lipinski definition) is 0. The van der Waals surface area contributed by atoms with Gasteiger partial charge in [-0.05, 0) is 11.6 Å². The van der Waals surface area contributed by atoms with E-state index in [4.69, 9.17) is 0 Å². The summed E-state index contributed by atoms with van der Waals surface area (Å²) in [7, 11) is 1.96. The quantitative estimate of drug-likeness (QED) is 0.790. The molecule has 0 aliphatic carbocycles. The van der Waals surface area contributed by atoms with Gasteiger partial charge in [-0.2, -0.15) is 5.10 Å². The fourth-order valence-corrected chi connectivity index (χ4v) is 4.48. The van der Waals surface area contributed by atoms with Crippen LogP contribution in [-0.4, -0.2) is 21.3 Å². The van der Waals surface area contributed by atoms with Gasteiger partial charge in [0.25, 0.3) is 0 Å². The van der Waals surface area contributed by atoms with Crippen molar-refractivity contribution < 1.29 is 0 Å². The van der Waals surface area contributed by atoms with Crippen LogP contribution in [0.1, 0.15) is 11.5 Å². The smallest absolute Gasteiger partial charge is 0.0625 e. The summed E-state index contributed by atoms with van der Waals surface area (Å²) in [4.78, 5) is 2.73. The zero-order valence-corrected chi connectivity index (χ0v) is 11.3. The molecule has 0 saturated carbocycles. The second kappa shape index (κ2) is 4.78. The maximum atomic E-state index is 4.20. The molecule has 0 radical (unpaired) electrons. The Balaban J connectivity index is 1.68. The lowest BCUT2D eigenvalue weighted by molar-refractivity contribution is 0.766. The summed E-state index contributed by atoms with van der Waals surface area (Å²) in [5.74, 6) is 3.05. The first-order chi connectivity index (χ1) is 8.33. The van der Waals surface area contributed by atoms with E-state index in [1.807, 2.05) is 41.5 Å². The van der Waals surface area contributed by atoms with E-state index in [0.717, 1.165) is 5.75 Å². The Bertz CT molecular complexity index is 522. The van der Waals surface area contributed by atoms with Gasteiger partial charge in [0.2, 0.25) is 0 Å². The number of benzene rings is 1. The van der Waals surface area contributed by atoms with E-state index in [-0.39, 0.29) is 0 Å². The molecule has 4 heteroatoms. The lowest BCUT2D eigenvalue weighted by Crippen LogP contribution is -1.99. The molecule has 1 atom stereocenters. The standard InChI is InChI=1S/C13H14N2S2/c1-15-7-11(6-14-15)16-8-10-9-17-13-5-3-2-4-12(10)13/h2-7,10H,8-9H2,1H3.